The van der Waals surface area contributed by atoms with Crippen LogP contribution in [-0.4, -0.2) is 56.2 Å². The molecule has 4 N–H and O–H groups in total. The summed E-state index contributed by atoms with van der Waals surface area (Å²) >= 11 is 1.76. The summed E-state index contributed by atoms with van der Waals surface area (Å²) in [6.07, 6.45) is 0. The highest BCUT2D eigenvalue weighted by atomic mass is 127. The van der Waals surface area contributed by atoms with Crippen LogP contribution in [0.1, 0.15) is 34.2 Å². The van der Waals surface area contributed by atoms with Crippen LogP contribution in [0.4, 0.5) is 0 Å². The summed E-state index contributed by atoms with van der Waals surface area (Å²) in [7, 11) is 0. The predicted molar refractivity (Wildman–Crippen MR) is 125 cm³/mol. The van der Waals surface area contributed by atoms with Gasteiger partial charge in [0, 0.05) is 31.1 Å². The van der Waals surface area contributed by atoms with Crippen LogP contribution in [0.2, 0.25) is 0 Å². The van der Waals surface area contributed by atoms with E-state index < -0.39 is 5.91 Å². The number of carbonyl (C=O) groups excluding carboxylic acids is 1. The first-order valence-electron chi connectivity index (χ1n) is 9.43. The number of nitrogens with zero attached hydrogens (tertiary/aromatic N) is 2. The molecule has 2 aromatic heterocycles. The zero-order valence-corrected chi connectivity index (χ0v) is 19.6. The molecule has 29 heavy (non-hydrogen) atoms. The van der Waals surface area contributed by atoms with Gasteiger partial charge in [0.2, 0.25) is 0 Å². The van der Waals surface area contributed by atoms with E-state index in [1.54, 1.807) is 23.5 Å². The van der Waals surface area contributed by atoms with E-state index >= 15 is 0 Å². The highest BCUT2D eigenvalue weighted by Crippen LogP contribution is 2.25. The molecular formula is C19H28IN5O3S. The Morgan fingerprint density at radius 2 is 2.10 bits per heavy atom. The van der Waals surface area contributed by atoms with Gasteiger partial charge in [0.05, 0.1) is 19.3 Å². The Morgan fingerprint density at radius 1 is 1.31 bits per heavy atom. The van der Waals surface area contributed by atoms with Crippen molar-refractivity contribution in [1.29, 1.82) is 0 Å². The Hall–Kier alpha value is -1.63. The quantitative estimate of drug-likeness (QED) is 0.273. The van der Waals surface area contributed by atoms with Crippen molar-refractivity contribution in [2.75, 3.05) is 39.4 Å². The van der Waals surface area contributed by atoms with Gasteiger partial charge < -0.3 is 25.5 Å². The molecule has 10 heteroatoms. The largest absolute Gasteiger partial charge is 0.454 e. The number of ether oxygens (including phenoxy) is 1. The maximum Gasteiger partial charge on any atom is 0.284 e. The summed E-state index contributed by atoms with van der Waals surface area (Å²) in [4.78, 5) is 19.5. The average molecular weight is 533 g/mol. The third-order valence-electron chi connectivity index (χ3n) is 4.46. The predicted octanol–water partition coefficient (Wildman–Crippen LogP) is 2.19. The monoisotopic (exact) mass is 533 g/mol. The number of carbonyl (C=O) groups is 1. The molecule has 1 fully saturated rings. The number of primary amides is 1. The van der Waals surface area contributed by atoms with Gasteiger partial charge >= 0.3 is 0 Å². The number of rotatable bonds is 8. The van der Waals surface area contributed by atoms with Gasteiger partial charge in [-0.15, -0.1) is 35.3 Å². The van der Waals surface area contributed by atoms with Gasteiger partial charge in [-0.3, -0.25) is 9.69 Å². The van der Waals surface area contributed by atoms with E-state index in [1.807, 2.05) is 6.92 Å². The van der Waals surface area contributed by atoms with Gasteiger partial charge in [-0.25, -0.2) is 4.99 Å². The Kier molecular flexibility index (Phi) is 9.91. The number of aliphatic imine (C=N–C) groups is 1. The maximum absolute atomic E-state index is 11.2. The molecule has 3 heterocycles. The third kappa shape index (κ3) is 6.98. The van der Waals surface area contributed by atoms with Crippen molar-refractivity contribution < 1.29 is 13.9 Å². The number of nitrogens with one attached hydrogen (secondary N) is 2. The molecule has 1 saturated heterocycles. The fourth-order valence-electron chi connectivity index (χ4n) is 3.07. The van der Waals surface area contributed by atoms with Crippen molar-refractivity contribution >= 4 is 47.2 Å². The number of furan rings is 1. The summed E-state index contributed by atoms with van der Waals surface area (Å²) in [5.41, 5.74) is 5.22. The van der Waals surface area contributed by atoms with Crippen molar-refractivity contribution in [2.24, 2.45) is 10.7 Å². The first-order chi connectivity index (χ1) is 13.7. The van der Waals surface area contributed by atoms with Crippen molar-refractivity contribution in [3.63, 3.8) is 0 Å². The molecule has 1 atom stereocenters. The molecule has 3 rings (SSSR count). The number of hydrogen-bond donors (Lipinski definition) is 3. The van der Waals surface area contributed by atoms with Crippen LogP contribution in [0.25, 0.3) is 0 Å². The van der Waals surface area contributed by atoms with E-state index in [4.69, 9.17) is 14.9 Å². The molecule has 0 saturated carbocycles. The number of thiophene rings is 1. The van der Waals surface area contributed by atoms with Crippen LogP contribution in [0.3, 0.4) is 0 Å². The molecule has 2 aromatic rings. The minimum absolute atomic E-state index is 0. The summed E-state index contributed by atoms with van der Waals surface area (Å²) in [5, 5.41) is 8.79. The Balaban J connectivity index is 0.00000300. The second kappa shape index (κ2) is 12.2. The van der Waals surface area contributed by atoms with Crippen LogP contribution < -0.4 is 16.4 Å². The highest BCUT2D eigenvalue weighted by Gasteiger charge is 2.23. The van der Waals surface area contributed by atoms with Gasteiger partial charge in [-0.05, 0) is 30.5 Å². The number of hydrogen-bond acceptors (Lipinski definition) is 6. The molecule has 0 spiro atoms. The number of guanidine groups is 1. The van der Waals surface area contributed by atoms with E-state index in [-0.39, 0.29) is 35.8 Å². The maximum atomic E-state index is 11.2. The van der Waals surface area contributed by atoms with Crippen LogP contribution in [0.15, 0.2) is 39.1 Å². The lowest BCUT2D eigenvalue weighted by Gasteiger charge is -2.34. The minimum atomic E-state index is -0.579. The lowest BCUT2D eigenvalue weighted by molar-refractivity contribution is 0.0177. The van der Waals surface area contributed by atoms with Crippen molar-refractivity contribution in [3.05, 3.63) is 46.0 Å². The fourth-order valence-corrected chi connectivity index (χ4v) is 3.93. The van der Waals surface area contributed by atoms with Gasteiger partial charge in [-0.2, -0.15) is 0 Å². The average Bonchev–Trinajstić information content (AvgIpc) is 3.39. The zero-order valence-electron chi connectivity index (χ0n) is 16.4. The summed E-state index contributed by atoms with van der Waals surface area (Å²) in [5.74, 6) is 0.862. The van der Waals surface area contributed by atoms with Crippen LogP contribution in [-0.2, 0) is 11.3 Å². The van der Waals surface area contributed by atoms with Gasteiger partial charge in [0.15, 0.2) is 11.7 Å². The minimum Gasteiger partial charge on any atom is -0.454 e. The molecule has 0 aromatic carbocycles. The second-order valence-corrected chi connectivity index (χ2v) is 7.37. The van der Waals surface area contributed by atoms with Gasteiger partial charge in [-0.1, -0.05) is 6.07 Å². The molecule has 1 aliphatic rings. The van der Waals surface area contributed by atoms with E-state index in [2.05, 4.69) is 38.0 Å². The van der Waals surface area contributed by atoms with Gasteiger partial charge in [0.25, 0.3) is 5.91 Å². The molecule has 160 valence electrons. The third-order valence-corrected chi connectivity index (χ3v) is 5.44. The van der Waals surface area contributed by atoms with Crippen LogP contribution >= 0.6 is 35.3 Å². The molecule has 0 bridgehead atoms. The molecule has 0 radical (unpaired) electrons. The molecule has 8 nitrogen and oxygen atoms in total. The van der Waals surface area contributed by atoms with Crippen molar-refractivity contribution in [1.82, 2.24) is 15.5 Å². The van der Waals surface area contributed by atoms with E-state index in [9.17, 15) is 4.79 Å². The lowest BCUT2D eigenvalue weighted by Crippen LogP contribution is -2.46. The first-order valence-corrected chi connectivity index (χ1v) is 10.3. The second-order valence-electron chi connectivity index (χ2n) is 6.39. The Bertz CT molecular complexity index is 775. The zero-order chi connectivity index (χ0) is 19.8. The SMILES string of the molecule is CCNC(=NCc1ccc(C(N)=O)o1)NCC(c1cccs1)N1CCOCC1.I. The van der Waals surface area contributed by atoms with E-state index in [1.165, 1.54) is 4.88 Å². The Morgan fingerprint density at radius 3 is 2.72 bits per heavy atom. The van der Waals surface area contributed by atoms with Crippen LogP contribution in [0.5, 0.6) is 0 Å². The molecular weight excluding hydrogens is 505 g/mol. The summed E-state index contributed by atoms with van der Waals surface area (Å²) < 4.78 is 10.9. The number of morpholine rings is 1. The van der Waals surface area contributed by atoms with E-state index in [0.717, 1.165) is 39.4 Å². The number of halogens is 1. The number of nitrogens with two attached hydrogens (primary N) is 1. The summed E-state index contributed by atoms with van der Waals surface area (Å²) in [6.45, 7) is 7.18. The smallest absolute Gasteiger partial charge is 0.284 e. The molecule has 1 aliphatic heterocycles. The summed E-state index contributed by atoms with van der Waals surface area (Å²) in [6, 6.07) is 7.80. The standard InChI is InChI=1S/C19H27N5O3S.HI/c1-2-21-19(22-12-14-5-6-16(27-14)18(20)25)23-13-15(17-4-3-11-28-17)24-7-9-26-10-8-24;/h3-6,11,15H,2,7-10,12-13H2,1H3,(H2,20,25)(H2,21,22,23);1H. The normalized spacial score (nSPS) is 16.1. The Labute approximate surface area is 191 Å². The topological polar surface area (TPSA) is 105 Å². The van der Waals surface area contributed by atoms with Crippen molar-refractivity contribution in [3.8, 4) is 0 Å². The first kappa shape index (κ1) is 23.6. The van der Waals surface area contributed by atoms with E-state index in [0.29, 0.717) is 18.3 Å². The fraction of sp³-hybridized carbons (Fsp3) is 0.474. The molecule has 1 unspecified atom stereocenters. The van der Waals surface area contributed by atoms with Crippen LogP contribution in [0, 0.1) is 0 Å². The molecule has 0 aliphatic carbocycles. The lowest BCUT2D eigenvalue weighted by atomic mass is 10.2. The van der Waals surface area contributed by atoms with Crippen molar-refractivity contribution in [2.45, 2.75) is 19.5 Å². The molecule has 1 amide bonds. The number of amides is 1. The van der Waals surface area contributed by atoms with Gasteiger partial charge in [0.1, 0.15) is 12.3 Å². The highest BCUT2D eigenvalue weighted by molar-refractivity contribution is 14.0.